The van der Waals surface area contributed by atoms with E-state index in [-0.39, 0.29) is 24.5 Å². The van der Waals surface area contributed by atoms with E-state index in [1.807, 2.05) is 0 Å². The molecule has 0 spiro atoms. The van der Waals surface area contributed by atoms with Crippen LogP contribution in [0.25, 0.3) is 0 Å². The number of nitrogens with one attached hydrogen (secondary N) is 1. The van der Waals surface area contributed by atoms with Crippen molar-refractivity contribution in [3.63, 3.8) is 0 Å². The van der Waals surface area contributed by atoms with E-state index in [1.54, 1.807) is 36.4 Å². The van der Waals surface area contributed by atoms with Crippen molar-refractivity contribution in [3.05, 3.63) is 63.1 Å². The second kappa shape index (κ2) is 7.63. The van der Waals surface area contributed by atoms with Crippen molar-refractivity contribution in [2.45, 2.75) is 12.8 Å². The molecule has 114 valence electrons. The van der Waals surface area contributed by atoms with Gasteiger partial charge >= 0.3 is 0 Å². The van der Waals surface area contributed by atoms with Gasteiger partial charge in [-0.05, 0) is 42.5 Å². The number of rotatable bonds is 5. The van der Waals surface area contributed by atoms with Crippen molar-refractivity contribution in [1.29, 1.82) is 0 Å². The molecule has 1 N–H and O–H groups in total. The van der Waals surface area contributed by atoms with Crippen LogP contribution in [0.15, 0.2) is 42.5 Å². The molecule has 0 radical (unpaired) electrons. The maximum Gasteiger partial charge on any atom is 0.224 e. The lowest BCUT2D eigenvalue weighted by Crippen LogP contribution is -2.13. The third kappa shape index (κ3) is 4.73. The summed E-state index contributed by atoms with van der Waals surface area (Å²) in [7, 11) is 0. The van der Waals surface area contributed by atoms with Crippen molar-refractivity contribution in [1.82, 2.24) is 0 Å². The second-order valence-corrected chi connectivity index (χ2v) is 5.88. The predicted molar refractivity (Wildman–Crippen MR) is 90.1 cm³/mol. The summed E-state index contributed by atoms with van der Waals surface area (Å²) in [4.78, 5) is 23.8. The molecule has 0 bridgehead atoms. The molecular weight excluding hydrogens is 345 g/mol. The van der Waals surface area contributed by atoms with E-state index in [4.69, 9.17) is 34.8 Å². The number of Topliss-reactive ketones (excluding diaryl/α,β-unsaturated/α-hetero) is 1. The van der Waals surface area contributed by atoms with Crippen LogP contribution in [-0.2, 0) is 4.79 Å². The summed E-state index contributed by atoms with van der Waals surface area (Å²) in [5.41, 5.74) is 0.997. The van der Waals surface area contributed by atoms with E-state index in [1.165, 1.54) is 6.07 Å². The van der Waals surface area contributed by atoms with Crippen molar-refractivity contribution in [2.75, 3.05) is 5.32 Å². The highest BCUT2D eigenvalue weighted by Crippen LogP contribution is 2.25. The van der Waals surface area contributed by atoms with E-state index in [9.17, 15) is 9.59 Å². The lowest BCUT2D eigenvalue weighted by atomic mass is 10.1. The molecule has 0 fully saturated rings. The average Bonchev–Trinajstić information content (AvgIpc) is 2.48. The van der Waals surface area contributed by atoms with E-state index in [0.29, 0.717) is 26.3 Å². The summed E-state index contributed by atoms with van der Waals surface area (Å²) in [5, 5.41) is 4.05. The summed E-state index contributed by atoms with van der Waals surface area (Å²) in [5.74, 6) is -0.402. The molecule has 2 aromatic carbocycles. The highest BCUT2D eigenvalue weighted by atomic mass is 35.5. The van der Waals surface area contributed by atoms with Crippen LogP contribution >= 0.6 is 34.8 Å². The first-order valence-corrected chi connectivity index (χ1v) is 7.63. The molecule has 0 heterocycles. The Balaban J connectivity index is 1.89. The van der Waals surface area contributed by atoms with Gasteiger partial charge in [0, 0.05) is 28.5 Å². The van der Waals surface area contributed by atoms with Crippen molar-refractivity contribution in [2.24, 2.45) is 0 Å². The fraction of sp³-hybridized carbons (Fsp3) is 0.125. The fourth-order valence-corrected chi connectivity index (χ4v) is 2.39. The Kier molecular flexibility index (Phi) is 5.83. The van der Waals surface area contributed by atoms with Crippen LogP contribution in [0, 0.1) is 0 Å². The number of anilines is 1. The molecule has 0 saturated carbocycles. The second-order valence-electron chi connectivity index (χ2n) is 4.60. The van der Waals surface area contributed by atoms with E-state index in [0.717, 1.165) is 0 Å². The zero-order valence-corrected chi connectivity index (χ0v) is 13.7. The summed E-state index contributed by atoms with van der Waals surface area (Å²) in [6, 6.07) is 11.3. The first-order valence-electron chi connectivity index (χ1n) is 6.49. The Bertz CT molecular complexity index is 699. The highest BCUT2D eigenvalue weighted by molar-refractivity contribution is 6.36. The Morgan fingerprint density at radius 3 is 2.14 bits per heavy atom. The molecule has 0 saturated heterocycles. The molecule has 0 aliphatic carbocycles. The number of carbonyl (C=O) groups is 2. The van der Waals surface area contributed by atoms with Crippen LogP contribution in [0.3, 0.4) is 0 Å². The molecule has 0 unspecified atom stereocenters. The maximum absolute atomic E-state index is 12.0. The molecule has 2 rings (SSSR count). The largest absolute Gasteiger partial charge is 0.325 e. The Morgan fingerprint density at radius 1 is 0.864 bits per heavy atom. The van der Waals surface area contributed by atoms with Gasteiger partial charge in [-0.1, -0.05) is 34.8 Å². The number of carbonyl (C=O) groups excluding carboxylic acids is 2. The molecule has 2 aromatic rings. The van der Waals surface area contributed by atoms with Crippen molar-refractivity contribution in [3.8, 4) is 0 Å². The molecule has 6 heteroatoms. The maximum atomic E-state index is 12.0. The third-order valence-corrected chi connectivity index (χ3v) is 3.75. The van der Waals surface area contributed by atoms with Crippen LogP contribution in [0.1, 0.15) is 23.2 Å². The molecule has 22 heavy (non-hydrogen) atoms. The van der Waals surface area contributed by atoms with Gasteiger partial charge in [-0.25, -0.2) is 0 Å². The minimum absolute atomic E-state index is 0.0699. The fourth-order valence-electron chi connectivity index (χ4n) is 1.81. The topological polar surface area (TPSA) is 46.2 Å². The third-order valence-electron chi connectivity index (χ3n) is 2.95. The Morgan fingerprint density at radius 2 is 1.50 bits per heavy atom. The van der Waals surface area contributed by atoms with E-state index in [2.05, 4.69) is 5.32 Å². The van der Waals surface area contributed by atoms with Crippen LogP contribution in [0.2, 0.25) is 15.1 Å². The van der Waals surface area contributed by atoms with Gasteiger partial charge in [0.25, 0.3) is 0 Å². The number of benzene rings is 2. The number of amides is 1. The van der Waals surface area contributed by atoms with Crippen LogP contribution in [0.5, 0.6) is 0 Å². The molecule has 0 aromatic heterocycles. The molecule has 0 aliphatic rings. The SMILES string of the molecule is O=C(CCC(=O)c1ccc(Cl)cc1)Nc1ccc(Cl)cc1Cl. The van der Waals surface area contributed by atoms with Gasteiger partial charge in [0.05, 0.1) is 10.7 Å². The van der Waals surface area contributed by atoms with Gasteiger partial charge in [-0.2, -0.15) is 0 Å². The highest BCUT2D eigenvalue weighted by Gasteiger charge is 2.11. The summed E-state index contributed by atoms with van der Waals surface area (Å²) >= 11 is 17.5. The van der Waals surface area contributed by atoms with Crippen LogP contribution in [0.4, 0.5) is 5.69 Å². The lowest BCUT2D eigenvalue weighted by molar-refractivity contribution is -0.116. The van der Waals surface area contributed by atoms with Crippen LogP contribution in [-0.4, -0.2) is 11.7 Å². The Hall–Kier alpha value is -1.55. The molecule has 0 aliphatic heterocycles. The summed E-state index contributed by atoms with van der Waals surface area (Å²) in [6.45, 7) is 0. The number of hydrogen-bond acceptors (Lipinski definition) is 2. The van der Waals surface area contributed by atoms with Gasteiger partial charge in [0.1, 0.15) is 0 Å². The predicted octanol–water partition coefficient (Wildman–Crippen LogP) is 5.25. The smallest absolute Gasteiger partial charge is 0.224 e. The van der Waals surface area contributed by atoms with Gasteiger partial charge in [0.2, 0.25) is 5.91 Å². The van der Waals surface area contributed by atoms with Gasteiger partial charge in [0.15, 0.2) is 5.78 Å². The number of halogens is 3. The molecule has 0 atom stereocenters. The quantitative estimate of drug-likeness (QED) is 0.744. The lowest BCUT2D eigenvalue weighted by Gasteiger charge is -2.07. The standard InChI is InChI=1S/C16H12Cl3NO2/c17-11-3-1-10(2-4-11)15(21)7-8-16(22)20-14-6-5-12(18)9-13(14)19/h1-6,9H,7-8H2,(H,20,22). The molecule has 3 nitrogen and oxygen atoms in total. The summed E-state index contributed by atoms with van der Waals surface area (Å²) < 4.78 is 0. The van der Waals surface area contributed by atoms with Gasteiger partial charge in [-0.3, -0.25) is 9.59 Å². The molecular formula is C16H12Cl3NO2. The zero-order chi connectivity index (χ0) is 16.1. The minimum Gasteiger partial charge on any atom is -0.325 e. The zero-order valence-electron chi connectivity index (χ0n) is 11.4. The monoisotopic (exact) mass is 355 g/mol. The van der Waals surface area contributed by atoms with Gasteiger partial charge in [-0.15, -0.1) is 0 Å². The van der Waals surface area contributed by atoms with Crippen molar-refractivity contribution < 1.29 is 9.59 Å². The average molecular weight is 357 g/mol. The van der Waals surface area contributed by atoms with Crippen molar-refractivity contribution >= 4 is 52.2 Å². The normalized spacial score (nSPS) is 10.3. The van der Waals surface area contributed by atoms with E-state index >= 15 is 0 Å². The van der Waals surface area contributed by atoms with Crippen LogP contribution < -0.4 is 5.32 Å². The molecule has 1 amide bonds. The number of ketones is 1. The minimum atomic E-state index is -0.286. The Labute approximate surface area is 143 Å². The summed E-state index contributed by atoms with van der Waals surface area (Å²) in [6.07, 6.45) is 0.180. The van der Waals surface area contributed by atoms with E-state index < -0.39 is 0 Å². The first-order chi connectivity index (χ1) is 10.5. The van der Waals surface area contributed by atoms with Gasteiger partial charge < -0.3 is 5.32 Å². The first kappa shape index (κ1) is 16.8. The number of hydrogen-bond donors (Lipinski definition) is 1.